The highest BCUT2D eigenvalue weighted by Gasteiger charge is 2.38. The average Bonchev–Trinajstić information content (AvgIpc) is 2.72. The van der Waals surface area contributed by atoms with Crippen LogP contribution in [0.5, 0.6) is 0 Å². The minimum atomic E-state index is -0.710. The van der Waals surface area contributed by atoms with Crippen LogP contribution >= 0.6 is 0 Å². The molecule has 8 heteroatoms. The van der Waals surface area contributed by atoms with E-state index in [2.05, 4.69) is 5.32 Å². The molecule has 0 unspecified atom stereocenters. The smallest absolute Gasteiger partial charge is 0.330 e. The lowest BCUT2D eigenvalue weighted by Gasteiger charge is -2.39. The number of nitro groups is 1. The number of ether oxygens (including phenoxy) is 1. The van der Waals surface area contributed by atoms with Crippen molar-refractivity contribution in [1.29, 1.82) is 0 Å². The number of anilines is 2. The SMILES string of the molecule is CC1(C)Nc2ccccc2N(CCCOC(=O)/C=C/c2ccc([N+](=O)[O-])cc2)C1=O. The van der Waals surface area contributed by atoms with Crippen molar-refractivity contribution in [1.82, 2.24) is 0 Å². The number of carbonyl (C=O) groups excluding carboxylic acids is 2. The van der Waals surface area contributed by atoms with Crippen LogP contribution in [0, 0.1) is 10.1 Å². The molecule has 0 atom stereocenters. The van der Waals surface area contributed by atoms with Gasteiger partial charge >= 0.3 is 5.97 Å². The molecule has 1 amide bonds. The Balaban J connectivity index is 1.51. The monoisotopic (exact) mass is 409 g/mol. The predicted molar refractivity (Wildman–Crippen MR) is 114 cm³/mol. The first-order valence-corrected chi connectivity index (χ1v) is 9.56. The van der Waals surface area contributed by atoms with Gasteiger partial charge in [-0.05, 0) is 56.2 Å². The number of rotatable bonds is 7. The van der Waals surface area contributed by atoms with Gasteiger partial charge in [-0.1, -0.05) is 12.1 Å². The summed E-state index contributed by atoms with van der Waals surface area (Å²) in [5.41, 5.74) is 1.64. The molecule has 0 spiro atoms. The van der Waals surface area contributed by atoms with E-state index in [1.54, 1.807) is 17.0 Å². The summed E-state index contributed by atoms with van der Waals surface area (Å²) in [6.45, 7) is 4.27. The van der Waals surface area contributed by atoms with E-state index in [-0.39, 0.29) is 18.2 Å². The van der Waals surface area contributed by atoms with Crippen molar-refractivity contribution in [2.45, 2.75) is 25.8 Å². The molecule has 0 aromatic heterocycles. The van der Waals surface area contributed by atoms with Crippen LogP contribution in [0.15, 0.2) is 54.6 Å². The van der Waals surface area contributed by atoms with Gasteiger partial charge < -0.3 is 15.0 Å². The third kappa shape index (κ3) is 4.83. The second-order valence-corrected chi connectivity index (χ2v) is 7.43. The van der Waals surface area contributed by atoms with Crippen molar-refractivity contribution in [3.63, 3.8) is 0 Å². The molecular formula is C22H23N3O5. The number of para-hydroxylation sites is 2. The van der Waals surface area contributed by atoms with Crippen molar-refractivity contribution in [3.8, 4) is 0 Å². The first kappa shape index (κ1) is 21.0. The van der Waals surface area contributed by atoms with Gasteiger partial charge in [-0.2, -0.15) is 0 Å². The van der Waals surface area contributed by atoms with Crippen molar-refractivity contribution in [2.24, 2.45) is 0 Å². The molecule has 1 aliphatic rings. The van der Waals surface area contributed by atoms with Gasteiger partial charge in [-0.25, -0.2) is 4.79 Å². The number of esters is 1. The largest absolute Gasteiger partial charge is 0.462 e. The molecule has 2 aromatic carbocycles. The van der Waals surface area contributed by atoms with Crippen molar-refractivity contribution < 1.29 is 19.2 Å². The molecule has 0 aliphatic carbocycles. The average molecular weight is 409 g/mol. The summed E-state index contributed by atoms with van der Waals surface area (Å²) in [6.07, 6.45) is 3.30. The Hall–Kier alpha value is -3.68. The molecule has 0 saturated carbocycles. The quantitative estimate of drug-likeness (QED) is 0.245. The van der Waals surface area contributed by atoms with E-state index >= 15 is 0 Å². The third-order valence-electron chi connectivity index (χ3n) is 4.71. The summed E-state index contributed by atoms with van der Waals surface area (Å²) in [7, 11) is 0. The highest BCUT2D eigenvalue weighted by molar-refractivity contribution is 6.07. The standard InChI is InChI=1S/C22H23N3O5/c1-22(2)21(27)24(19-7-4-3-6-18(19)23-22)14-5-15-30-20(26)13-10-16-8-11-17(12-9-16)25(28)29/h3-4,6-13,23H,5,14-15H2,1-2H3/b13-10+. The summed E-state index contributed by atoms with van der Waals surface area (Å²) in [6, 6.07) is 13.4. The summed E-state index contributed by atoms with van der Waals surface area (Å²) < 4.78 is 5.20. The number of nitrogens with zero attached hydrogens (tertiary/aromatic N) is 2. The molecule has 1 N–H and O–H groups in total. The van der Waals surface area contributed by atoms with Gasteiger partial charge in [0.2, 0.25) is 0 Å². The van der Waals surface area contributed by atoms with Crippen LogP contribution in [-0.4, -0.2) is 35.5 Å². The summed E-state index contributed by atoms with van der Waals surface area (Å²) >= 11 is 0. The third-order valence-corrected chi connectivity index (χ3v) is 4.71. The number of benzene rings is 2. The Morgan fingerprint density at radius 3 is 2.60 bits per heavy atom. The lowest BCUT2D eigenvalue weighted by Crippen LogP contribution is -2.54. The maximum absolute atomic E-state index is 12.8. The number of hydrogen-bond acceptors (Lipinski definition) is 6. The van der Waals surface area contributed by atoms with Crippen LogP contribution in [0.1, 0.15) is 25.8 Å². The summed E-state index contributed by atoms with van der Waals surface area (Å²) in [4.78, 5) is 36.5. The lowest BCUT2D eigenvalue weighted by atomic mass is 9.98. The lowest BCUT2D eigenvalue weighted by molar-refractivity contribution is -0.384. The summed E-state index contributed by atoms with van der Waals surface area (Å²) in [5.74, 6) is -0.550. The van der Waals surface area contributed by atoms with Crippen molar-refractivity contribution in [3.05, 3.63) is 70.3 Å². The van der Waals surface area contributed by atoms with Crippen molar-refractivity contribution in [2.75, 3.05) is 23.4 Å². The Kier molecular flexibility index (Phi) is 6.15. The molecular weight excluding hydrogens is 386 g/mol. The number of nitrogens with one attached hydrogen (secondary N) is 1. The molecule has 0 radical (unpaired) electrons. The first-order valence-electron chi connectivity index (χ1n) is 9.56. The Morgan fingerprint density at radius 1 is 1.20 bits per heavy atom. The van der Waals surface area contributed by atoms with E-state index in [1.807, 2.05) is 38.1 Å². The van der Waals surface area contributed by atoms with E-state index in [4.69, 9.17) is 4.74 Å². The molecule has 1 aliphatic heterocycles. The molecule has 156 valence electrons. The number of hydrogen-bond donors (Lipinski definition) is 1. The topological polar surface area (TPSA) is 102 Å². The zero-order chi connectivity index (χ0) is 21.7. The van der Waals surface area contributed by atoms with Gasteiger partial charge in [0.1, 0.15) is 5.54 Å². The minimum absolute atomic E-state index is 0.0121. The van der Waals surface area contributed by atoms with Crippen LogP contribution in [0.3, 0.4) is 0 Å². The Labute approximate surface area is 174 Å². The Bertz CT molecular complexity index is 983. The van der Waals surface area contributed by atoms with Gasteiger partial charge in [0.25, 0.3) is 11.6 Å². The maximum Gasteiger partial charge on any atom is 0.330 e. The number of fused-ring (bicyclic) bond motifs is 1. The molecule has 3 rings (SSSR count). The van der Waals surface area contributed by atoms with Crippen molar-refractivity contribution >= 4 is 35.0 Å². The molecule has 1 heterocycles. The normalized spacial score (nSPS) is 14.9. The second-order valence-electron chi connectivity index (χ2n) is 7.43. The molecule has 0 bridgehead atoms. The number of carbonyl (C=O) groups is 2. The molecule has 2 aromatic rings. The maximum atomic E-state index is 12.8. The van der Waals surface area contributed by atoms with E-state index in [1.165, 1.54) is 24.3 Å². The zero-order valence-electron chi connectivity index (χ0n) is 16.8. The fraction of sp³-hybridized carbons (Fsp3) is 0.273. The molecule has 8 nitrogen and oxygen atoms in total. The van der Waals surface area contributed by atoms with Gasteiger partial charge in [-0.3, -0.25) is 14.9 Å². The van der Waals surface area contributed by atoms with Gasteiger partial charge in [0.05, 0.1) is 22.9 Å². The zero-order valence-corrected chi connectivity index (χ0v) is 16.8. The van der Waals surface area contributed by atoms with Crippen LogP contribution in [0.25, 0.3) is 6.08 Å². The second kappa shape index (κ2) is 8.77. The van der Waals surface area contributed by atoms with Gasteiger partial charge in [-0.15, -0.1) is 0 Å². The number of amides is 1. The van der Waals surface area contributed by atoms with E-state index < -0.39 is 16.4 Å². The fourth-order valence-corrected chi connectivity index (χ4v) is 3.19. The molecule has 0 fully saturated rings. The van der Waals surface area contributed by atoms with Gasteiger partial charge in [0, 0.05) is 24.8 Å². The fourth-order valence-electron chi connectivity index (χ4n) is 3.19. The van der Waals surface area contributed by atoms with E-state index in [0.717, 1.165) is 11.4 Å². The van der Waals surface area contributed by atoms with Gasteiger partial charge in [0.15, 0.2) is 0 Å². The summed E-state index contributed by atoms with van der Waals surface area (Å²) in [5, 5.41) is 13.9. The highest BCUT2D eigenvalue weighted by Crippen LogP contribution is 2.34. The van der Waals surface area contributed by atoms with E-state index in [9.17, 15) is 19.7 Å². The van der Waals surface area contributed by atoms with Crippen LogP contribution in [0.4, 0.5) is 17.1 Å². The predicted octanol–water partition coefficient (Wildman–Crippen LogP) is 3.78. The Morgan fingerprint density at radius 2 is 1.90 bits per heavy atom. The highest BCUT2D eigenvalue weighted by atomic mass is 16.6. The molecule has 0 saturated heterocycles. The van der Waals surface area contributed by atoms with E-state index in [0.29, 0.717) is 18.5 Å². The number of nitro benzene ring substituents is 1. The van der Waals surface area contributed by atoms with Crippen LogP contribution in [0.2, 0.25) is 0 Å². The van der Waals surface area contributed by atoms with Crippen LogP contribution in [-0.2, 0) is 14.3 Å². The molecule has 30 heavy (non-hydrogen) atoms. The van der Waals surface area contributed by atoms with Crippen LogP contribution < -0.4 is 10.2 Å². The number of non-ortho nitro benzene ring substituents is 1. The first-order chi connectivity index (χ1) is 14.3. The minimum Gasteiger partial charge on any atom is -0.462 e.